The number of rotatable bonds is 12. The van der Waals surface area contributed by atoms with Crippen LogP contribution in [0, 0.1) is 0 Å². The molecule has 6 nitrogen and oxygen atoms in total. The highest BCUT2D eigenvalue weighted by atomic mass is 35.5. The summed E-state index contributed by atoms with van der Waals surface area (Å²) in [7, 11) is 0. The molecule has 7 heteroatoms. The molecule has 2 N–H and O–H groups in total. The van der Waals surface area contributed by atoms with Gasteiger partial charge in [0.25, 0.3) is 11.8 Å². The van der Waals surface area contributed by atoms with E-state index in [9.17, 15) is 9.59 Å². The van der Waals surface area contributed by atoms with Crippen molar-refractivity contribution in [2.75, 3.05) is 19.6 Å². The van der Waals surface area contributed by atoms with Gasteiger partial charge in [-0.25, -0.2) is 5.43 Å². The lowest BCUT2D eigenvalue weighted by atomic mass is 10.1. The lowest BCUT2D eigenvalue weighted by Gasteiger charge is -2.28. The number of hydrazone groups is 1. The summed E-state index contributed by atoms with van der Waals surface area (Å²) in [5, 5.41) is 7.64. The molecular weight excluding hydrogens is 412 g/mol. The van der Waals surface area contributed by atoms with Crippen molar-refractivity contribution in [2.24, 2.45) is 5.10 Å². The Kier molecular flexibility index (Phi) is 10.8. The van der Waals surface area contributed by atoms with Crippen molar-refractivity contribution < 1.29 is 9.59 Å². The second-order valence-electron chi connectivity index (χ2n) is 7.14. The smallest absolute Gasteiger partial charge is 0.257 e. The number of hydrogen-bond donors (Lipinski definition) is 2. The lowest BCUT2D eigenvalue weighted by Crippen LogP contribution is -2.45. The number of likely N-dealkylation sites (N-methyl/N-ethyl adjacent to an activating group) is 1. The molecule has 1 unspecified atom stereocenters. The fraction of sp³-hybridized carbons (Fsp3) is 0.375. The summed E-state index contributed by atoms with van der Waals surface area (Å²) in [4.78, 5) is 27.0. The Morgan fingerprint density at radius 1 is 1.06 bits per heavy atom. The van der Waals surface area contributed by atoms with Gasteiger partial charge in [-0.05, 0) is 62.2 Å². The van der Waals surface area contributed by atoms with Crippen LogP contribution >= 0.6 is 11.6 Å². The minimum Gasteiger partial charge on any atom is -0.352 e. The fourth-order valence-corrected chi connectivity index (χ4v) is 3.53. The summed E-state index contributed by atoms with van der Waals surface area (Å²) in [5.74, 6) is -0.204. The largest absolute Gasteiger partial charge is 0.352 e. The first-order valence-corrected chi connectivity index (χ1v) is 11.1. The minimum atomic E-state index is -0.267. The van der Waals surface area contributed by atoms with E-state index in [0.717, 1.165) is 31.5 Å². The standard InChI is InChI=1S/C24H31ClN4O2/c1-3-29(4-2)22(24(31)28-27-18-19-11-10-14-21(25)17-19)15-8-9-16-26-23(30)20-12-6-5-7-13-20/h5-7,10-14,17-18,22H,3-4,8-9,15-16H2,1-2H3,(H,26,30)(H,28,31). The molecule has 0 bridgehead atoms. The predicted octanol–water partition coefficient (Wildman–Crippen LogP) is 4.10. The van der Waals surface area contributed by atoms with Crippen LogP contribution in [0.5, 0.6) is 0 Å². The van der Waals surface area contributed by atoms with Gasteiger partial charge in [-0.15, -0.1) is 0 Å². The van der Waals surface area contributed by atoms with Gasteiger partial charge < -0.3 is 5.32 Å². The molecule has 0 radical (unpaired) electrons. The molecule has 166 valence electrons. The predicted molar refractivity (Wildman–Crippen MR) is 127 cm³/mol. The molecule has 0 saturated carbocycles. The zero-order valence-corrected chi connectivity index (χ0v) is 18.9. The number of halogens is 1. The van der Waals surface area contributed by atoms with Crippen molar-refractivity contribution in [3.05, 3.63) is 70.7 Å². The maximum Gasteiger partial charge on any atom is 0.257 e. The van der Waals surface area contributed by atoms with Gasteiger partial charge in [-0.2, -0.15) is 5.10 Å². The summed E-state index contributed by atoms with van der Waals surface area (Å²) >= 11 is 5.97. The molecule has 0 aliphatic rings. The van der Waals surface area contributed by atoms with E-state index in [1.807, 2.05) is 44.2 Å². The van der Waals surface area contributed by atoms with E-state index in [-0.39, 0.29) is 17.9 Å². The molecular formula is C24H31ClN4O2. The van der Waals surface area contributed by atoms with Gasteiger partial charge in [0, 0.05) is 17.1 Å². The topological polar surface area (TPSA) is 73.8 Å². The van der Waals surface area contributed by atoms with Gasteiger partial charge in [-0.1, -0.05) is 55.8 Å². The number of hydrogen-bond acceptors (Lipinski definition) is 4. The summed E-state index contributed by atoms with van der Waals surface area (Å²) in [6, 6.07) is 16.2. The third-order valence-corrected chi connectivity index (χ3v) is 5.25. The molecule has 2 aromatic carbocycles. The van der Waals surface area contributed by atoms with E-state index in [4.69, 9.17) is 11.6 Å². The third-order valence-electron chi connectivity index (χ3n) is 5.02. The van der Waals surface area contributed by atoms with Crippen molar-refractivity contribution in [2.45, 2.75) is 39.2 Å². The Hall–Kier alpha value is -2.70. The zero-order chi connectivity index (χ0) is 22.5. The molecule has 2 amide bonds. The van der Waals surface area contributed by atoms with Gasteiger partial charge in [0.2, 0.25) is 0 Å². The van der Waals surface area contributed by atoms with Crippen LogP contribution in [-0.2, 0) is 4.79 Å². The molecule has 2 rings (SSSR count). The van der Waals surface area contributed by atoms with E-state index in [2.05, 4.69) is 20.7 Å². The Balaban J connectivity index is 1.82. The molecule has 1 atom stereocenters. The molecule has 0 saturated heterocycles. The molecule has 0 spiro atoms. The number of nitrogens with zero attached hydrogens (tertiary/aromatic N) is 2. The first-order valence-electron chi connectivity index (χ1n) is 10.7. The van der Waals surface area contributed by atoms with Crippen LogP contribution in [0.2, 0.25) is 5.02 Å². The number of carbonyl (C=O) groups excluding carboxylic acids is 2. The second kappa shape index (κ2) is 13.6. The average Bonchev–Trinajstić information content (AvgIpc) is 2.78. The zero-order valence-electron chi connectivity index (χ0n) is 18.2. The average molecular weight is 443 g/mol. The maximum absolute atomic E-state index is 12.8. The van der Waals surface area contributed by atoms with Crippen molar-refractivity contribution in [1.82, 2.24) is 15.6 Å². The van der Waals surface area contributed by atoms with Crippen molar-refractivity contribution >= 4 is 29.6 Å². The van der Waals surface area contributed by atoms with Crippen molar-refractivity contribution in [3.8, 4) is 0 Å². The molecule has 2 aromatic rings. The summed E-state index contributed by atoms with van der Waals surface area (Å²) in [5.41, 5.74) is 4.13. The summed E-state index contributed by atoms with van der Waals surface area (Å²) in [6.07, 6.45) is 3.90. The number of amides is 2. The first kappa shape index (κ1) is 24.6. The Morgan fingerprint density at radius 2 is 1.81 bits per heavy atom. The van der Waals surface area contributed by atoms with E-state index in [1.165, 1.54) is 0 Å². The Bertz CT molecular complexity index is 854. The van der Waals surface area contributed by atoms with Gasteiger partial charge in [0.05, 0.1) is 12.3 Å². The van der Waals surface area contributed by atoms with Crippen molar-refractivity contribution in [1.29, 1.82) is 0 Å². The molecule has 0 aliphatic carbocycles. The molecule has 0 aliphatic heterocycles. The van der Waals surface area contributed by atoms with Gasteiger partial charge in [-0.3, -0.25) is 14.5 Å². The van der Waals surface area contributed by atoms with Crippen LogP contribution in [0.1, 0.15) is 49.0 Å². The highest BCUT2D eigenvalue weighted by Crippen LogP contribution is 2.11. The van der Waals surface area contributed by atoms with Crippen LogP contribution < -0.4 is 10.7 Å². The first-order chi connectivity index (χ1) is 15.0. The van der Waals surface area contributed by atoms with Crippen LogP contribution in [0.4, 0.5) is 0 Å². The quantitative estimate of drug-likeness (QED) is 0.295. The van der Waals surface area contributed by atoms with E-state index in [0.29, 0.717) is 23.6 Å². The molecule has 0 heterocycles. The fourth-order valence-electron chi connectivity index (χ4n) is 3.33. The van der Waals surface area contributed by atoms with E-state index in [1.54, 1.807) is 30.5 Å². The normalized spacial score (nSPS) is 12.1. The Morgan fingerprint density at radius 3 is 2.48 bits per heavy atom. The number of unbranched alkanes of at least 4 members (excludes halogenated alkanes) is 1. The number of benzene rings is 2. The second-order valence-corrected chi connectivity index (χ2v) is 7.58. The maximum atomic E-state index is 12.8. The van der Waals surface area contributed by atoms with Crippen molar-refractivity contribution in [3.63, 3.8) is 0 Å². The summed E-state index contributed by atoms with van der Waals surface area (Å²) < 4.78 is 0. The number of carbonyl (C=O) groups is 2. The highest BCUT2D eigenvalue weighted by molar-refractivity contribution is 6.30. The van der Waals surface area contributed by atoms with E-state index < -0.39 is 0 Å². The van der Waals surface area contributed by atoms with Crippen LogP contribution in [0.3, 0.4) is 0 Å². The lowest BCUT2D eigenvalue weighted by molar-refractivity contribution is -0.126. The SMILES string of the molecule is CCN(CC)C(CCCCNC(=O)c1ccccc1)C(=O)NN=Cc1cccc(Cl)c1. The monoisotopic (exact) mass is 442 g/mol. The summed E-state index contributed by atoms with van der Waals surface area (Å²) in [6.45, 7) is 6.21. The van der Waals surface area contributed by atoms with Crippen LogP contribution in [0.15, 0.2) is 59.7 Å². The van der Waals surface area contributed by atoms with Crippen LogP contribution in [-0.4, -0.2) is 48.6 Å². The molecule has 31 heavy (non-hydrogen) atoms. The molecule has 0 aromatic heterocycles. The van der Waals surface area contributed by atoms with E-state index >= 15 is 0 Å². The molecule has 0 fully saturated rings. The Labute approximate surface area is 189 Å². The van der Waals surface area contributed by atoms with Gasteiger partial charge in [0.1, 0.15) is 0 Å². The van der Waals surface area contributed by atoms with Gasteiger partial charge >= 0.3 is 0 Å². The van der Waals surface area contributed by atoms with Crippen LogP contribution in [0.25, 0.3) is 0 Å². The minimum absolute atomic E-state index is 0.0750. The number of nitrogens with one attached hydrogen (secondary N) is 2. The van der Waals surface area contributed by atoms with Gasteiger partial charge in [0.15, 0.2) is 0 Å². The highest BCUT2D eigenvalue weighted by Gasteiger charge is 2.23. The third kappa shape index (κ3) is 8.52.